The molecular weight excluding hydrogens is 480 g/mol. The van der Waals surface area contributed by atoms with Crippen molar-refractivity contribution in [2.24, 2.45) is 0 Å². The molecule has 0 N–H and O–H groups in total. The van der Waals surface area contributed by atoms with Gasteiger partial charge in [-0.1, -0.05) is 27.2 Å². The fraction of sp³-hybridized carbons (Fsp3) is 0.174. The second kappa shape index (κ2) is 7.52. The van der Waals surface area contributed by atoms with E-state index in [1.807, 2.05) is 0 Å². The SMILES string of the molecule is COc1ccc([C@H]2c3c(oc4ccc(Br)cc4c3=O)C(=O)N2c2cc(C)on2)cc1OC. The largest absolute Gasteiger partial charge is 0.493 e. The molecule has 0 spiro atoms. The second-order valence-corrected chi connectivity index (χ2v) is 8.22. The lowest BCUT2D eigenvalue weighted by Crippen LogP contribution is -2.29. The maximum absolute atomic E-state index is 13.6. The number of ether oxygens (including phenoxy) is 2. The second-order valence-electron chi connectivity index (χ2n) is 7.30. The Morgan fingerprint density at radius 3 is 2.50 bits per heavy atom. The molecule has 0 radical (unpaired) electrons. The summed E-state index contributed by atoms with van der Waals surface area (Å²) >= 11 is 3.39. The van der Waals surface area contributed by atoms with Gasteiger partial charge in [0.25, 0.3) is 5.91 Å². The van der Waals surface area contributed by atoms with Gasteiger partial charge >= 0.3 is 0 Å². The molecule has 1 aliphatic rings. The number of aromatic nitrogens is 1. The van der Waals surface area contributed by atoms with Crippen molar-refractivity contribution in [1.29, 1.82) is 0 Å². The monoisotopic (exact) mass is 496 g/mol. The van der Waals surface area contributed by atoms with Crippen LogP contribution in [0, 0.1) is 6.92 Å². The van der Waals surface area contributed by atoms with Crippen LogP contribution in [0.15, 0.2) is 60.7 Å². The number of methoxy groups -OCH3 is 2. The lowest BCUT2D eigenvalue weighted by molar-refractivity contribution is 0.0969. The lowest BCUT2D eigenvalue weighted by atomic mass is 9.98. The fourth-order valence-corrected chi connectivity index (χ4v) is 4.35. The topological polar surface area (TPSA) is 95.0 Å². The van der Waals surface area contributed by atoms with Crippen molar-refractivity contribution in [2.75, 3.05) is 19.1 Å². The number of carbonyl (C=O) groups is 1. The summed E-state index contributed by atoms with van der Waals surface area (Å²) in [5.41, 5.74) is 0.901. The first-order valence-electron chi connectivity index (χ1n) is 9.68. The average molecular weight is 497 g/mol. The zero-order chi connectivity index (χ0) is 22.6. The zero-order valence-electron chi connectivity index (χ0n) is 17.3. The van der Waals surface area contributed by atoms with E-state index in [0.717, 1.165) is 4.47 Å². The number of aryl methyl sites for hydroxylation is 1. The molecule has 0 saturated heterocycles. The van der Waals surface area contributed by atoms with Gasteiger partial charge in [0, 0.05) is 10.5 Å². The molecule has 0 fully saturated rings. The zero-order valence-corrected chi connectivity index (χ0v) is 18.9. The van der Waals surface area contributed by atoms with E-state index in [1.54, 1.807) is 49.4 Å². The van der Waals surface area contributed by atoms with E-state index in [9.17, 15) is 9.59 Å². The third kappa shape index (κ3) is 3.00. The highest BCUT2D eigenvalue weighted by atomic mass is 79.9. The first-order valence-corrected chi connectivity index (χ1v) is 10.5. The molecule has 4 aromatic rings. The number of amides is 1. The van der Waals surface area contributed by atoms with E-state index in [-0.39, 0.29) is 22.6 Å². The summed E-state index contributed by atoms with van der Waals surface area (Å²) in [6.45, 7) is 1.73. The van der Waals surface area contributed by atoms with Gasteiger partial charge in [0.15, 0.2) is 22.7 Å². The number of rotatable bonds is 4. The van der Waals surface area contributed by atoms with Crippen LogP contribution in [0.4, 0.5) is 5.82 Å². The van der Waals surface area contributed by atoms with Gasteiger partial charge in [0.1, 0.15) is 11.3 Å². The van der Waals surface area contributed by atoms with E-state index < -0.39 is 11.9 Å². The fourth-order valence-electron chi connectivity index (χ4n) is 3.99. The third-order valence-corrected chi connectivity index (χ3v) is 5.91. The molecular formula is C23H17BrN2O6. The summed E-state index contributed by atoms with van der Waals surface area (Å²) in [5.74, 6) is 1.31. The van der Waals surface area contributed by atoms with Crippen molar-refractivity contribution in [3.8, 4) is 11.5 Å². The minimum atomic E-state index is -0.790. The van der Waals surface area contributed by atoms with Crippen LogP contribution in [0.25, 0.3) is 11.0 Å². The van der Waals surface area contributed by atoms with Crippen molar-refractivity contribution in [3.05, 3.63) is 79.8 Å². The normalized spacial score (nSPS) is 15.3. The molecule has 1 amide bonds. The smallest absolute Gasteiger partial charge is 0.296 e. The number of hydrogen-bond acceptors (Lipinski definition) is 7. The summed E-state index contributed by atoms with van der Waals surface area (Å²) in [5, 5.41) is 4.39. The van der Waals surface area contributed by atoms with Crippen molar-refractivity contribution >= 4 is 38.6 Å². The molecule has 0 bridgehead atoms. The Kier molecular flexibility index (Phi) is 4.78. The highest BCUT2D eigenvalue weighted by Crippen LogP contribution is 2.43. The standard InChI is InChI=1S/C23H17BrN2O6/c1-11-8-18(25-32-11)26-20(12-4-6-16(29-2)17(9-12)30-3)19-21(27)14-10-13(24)5-7-15(14)31-22(19)23(26)28/h4-10,20H,1-3H3/t20-/m0/s1. The first-order chi connectivity index (χ1) is 15.4. The molecule has 0 aliphatic carbocycles. The van der Waals surface area contributed by atoms with Crippen molar-refractivity contribution in [2.45, 2.75) is 13.0 Å². The number of nitrogens with zero attached hydrogens (tertiary/aromatic N) is 2. The summed E-state index contributed by atoms with van der Waals surface area (Å²) < 4.78 is 22.7. The Morgan fingerprint density at radius 1 is 1.03 bits per heavy atom. The minimum Gasteiger partial charge on any atom is -0.493 e. The van der Waals surface area contributed by atoms with Gasteiger partial charge < -0.3 is 18.4 Å². The predicted molar refractivity (Wildman–Crippen MR) is 120 cm³/mol. The van der Waals surface area contributed by atoms with Gasteiger partial charge in [0.05, 0.1) is 31.2 Å². The Hall–Kier alpha value is -3.59. The molecule has 3 heterocycles. The number of carbonyl (C=O) groups excluding carboxylic acids is 1. The Balaban J connectivity index is 1.81. The lowest BCUT2D eigenvalue weighted by Gasteiger charge is -2.23. The quantitative estimate of drug-likeness (QED) is 0.406. The molecule has 5 rings (SSSR count). The van der Waals surface area contributed by atoms with Crippen LogP contribution < -0.4 is 19.8 Å². The number of benzene rings is 2. The number of hydrogen-bond donors (Lipinski definition) is 0. The summed E-state index contributed by atoms with van der Waals surface area (Å²) in [6, 6.07) is 11.2. The summed E-state index contributed by atoms with van der Waals surface area (Å²) in [6.07, 6.45) is 0. The van der Waals surface area contributed by atoms with E-state index >= 15 is 0 Å². The van der Waals surface area contributed by atoms with Crippen LogP contribution in [0.2, 0.25) is 0 Å². The summed E-state index contributed by atoms with van der Waals surface area (Å²) in [4.78, 5) is 28.5. The highest BCUT2D eigenvalue weighted by Gasteiger charge is 2.45. The maximum atomic E-state index is 13.6. The van der Waals surface area contributed by atoms with Gasteiger partial charge in [-0.3, -0.25) is 14.5 Å². The molecule has 2 aromatic heterocycles. The van der Waals surface area contributed by atoms with E-state index in [2.05, 4.69) is 21.1 Å². The van der Waals surface area contributed by atoms with Gasteiger partial charge in [-0.05, 0) is 42.8 Å². The van der Waals surface area contributed by atoms with Crippen LogP contribution in [0.3, 0.4) is 0 Å². The highest BCUT2D eigenvalue weighted by molar-refractivity contribution is 9.10. The van der Waals surface area contributed by atoms with Gasteiger partial charge in [0.2, 0.25) is 5.76 Å². The summed E-state index contributed by atoms with van der Waals surface area (Å²) in [7, 11) is 3.06. The Labute approximate surface area is 190 Å². The van der Waals surface area contributed by atoms with Crippen molar-refractivity contribution < 1.29 is 23.2 Å². The van der Waals surface area contributed by atoms with Crippen molar-refractivity contribution in [1.82, 2.24) is 5.16 Å². The van der Waals surface area contributed by atoms with E-state index in [0.29, 0.717) is 33.8 Å². The molecule has 162 valence electrons. The third-order valence-electron chi connectivity index (χ3n) is 5.42. The Bertz CT molecular complexity index is 1440. The molecule has 0 saturated carbocycles. The van der Waals surface area contributed by atoms with Crippen LogP contribution in [0.1, 0.15) is 33.5 Å². The van der Waals surface area contributed by atoms with Gasteiger partial charge in [-0.15, -0.1) is 0 Å². The first kappa shape index (κ1) is 20.3. The molecule has 1 atom stereocenters. The van der Waals surface area contributed by atoms with Crippen LogP contribution in [-0.2, 0) is 0 Å². The van der Waals surface area contributed by atoms with E-state index in [4.69, 9.17) is 18.4 Å². The van der Waals surface area contributed by atoms with Crippen molar-refractivity contribution in [3.63, 3.8) is 0 Å². The number of fused-ring (bicyclic) bond motifs is 2. The van der Waals surface area contributed by atoms with Crippen LogP contribution in [-0.4, -0.2) is 25.3 Å². The predicted octanol–water partition coefficient (Wildman–Crippen LogP) is 4.62. The van der Waals surface area contributed by atoms with Gasteiger partial charge in [-0.25, -0.2) is 0 Å². The molecule has 9 heteroatoms. The van der Waals surface area contributed by atoms with Gasteiger partial charge in [-0.2, -0.15) is 0 Å². The maximum Gasteiger partial charge on any atom is 0.296 e. The number of anilines is 1. The number of halogens is 1. The van der Waals surface area contributed by atoms with E-state index in [1.165, 1.54) is 19.1 Å². The molecule has 8 nitrogen and oxygen atoms in total. The molecule has 1 aliphatic heterocycles. The Morgan fingerprint density at radius 2 is 1.81 bits per heavy atom. The molecule has 32 heavy (non-hydrogen) atoms. The average Bonchev–Trinajstić information content (AvgIpc) is 3.34. The minimum absolute atomic E-state index is 0.0229. The molecule has 0 unspecified atom stereocenters. The molecule has 2 aromatic carbocycles. The van der Waals surface area contributed by atoms with Crippen LogP contribution >= 0.6 is 15.9 Å². The van der Waals surface area contributed by atoms with Crippen LogP contribution in [0.5, 0.6) is 11.5 Å².